The standard InChI is InChI=1S/C14H16FN3O/c1-17(9-12-8-16-18(2)10-12)14(19)7-11-3-5-13(15)6-4-11/h3-6,8,10H,7,9H2,1-2H3. The number of halogens is 1. The summed E-state index contributed by atoms with van der Waals surface area (Å²) in [7, 11) is 3.59. The van der Waals surface area contributed by atoms with Crippen molar-refractivity contribution in [2.75, 3.05) is 7.05 Å². The molecule has 0 fully saturated rings. The molecule has 5 heteroatoms. The van der Waals surface area contributed by atoms with Crippen molar-refractivity contribution in [2.45, 2.75) is 13.0 Å². The monoisotopic (exact) mass is 261 g/mol. The van der Waals surface area contributed by atoms with Gasteiger partial charge < -0.3 is 4.90 Å². The Hall–Kier alpha value is -2.17. The third-order valence-electron chi connectivity index (χ3n) is 2.87. The number of likely N-dealkylation sites (N-methyl/N-ethyl adjacent to an activating group) is 1. The topological polar surface area (TPSA) is 38.1 Å². The van der Waals surface area contributed by atoms with E-state index in [-0.39, 0.29) is 18.1 Å². The van der Waals surface area contributed by atoms with Crippen molar-refractivity contribution in [3.05, 3.63) is 53.6 Å². The number of aryl methyl sites for hydroxylation is 1. The Bertz CT molecular complexity index is 562. The Labute approximate surface area is 111 Å². The second-order valence-electron chi connectivity index (χ2n) is 4.58. The maximum atomic E-state index is 12.8. The molecule has 1 heterocycles. The Morgan fingerprint density at radius 2 is 2.00 bits per heavy atom. The first-order valence-corrected chi connectivity index (χ1v) is 6.00. The van der Waals surface area contributed by atoms with Crippen molar-refractivity contribution >= 4 is 5.91 Å². The number of aromatic nitrogens is 2. The lowest BCUT2D eigenvalue weighted by Gasteiger charge is -2.16. The molecular weight excluding hydrogens is 245 g/mol. The summed E-state index contributed by atoms with van der Waals surface area (Å²) in [6.07, 6.45) is 3.89. The van der Waals surface area contributed by atoms with Crippen LogP contribution in [0, 0.1) is 5.82 Å². The SMILES string of the molecule is CN(Cc1cnn(C)c1)C(=O)Cc1ccc(F)cc1. The molecule has 0 N–H and O–H groups in total. The van der Waals surface area contributed by atoms with Crippen LogP contribution in [0.25, 0.3) is 0 Å². The number of hydrogen-bond acceptors (Lipinski definition) is 2. The van der Waals surface area contributed by atoms with Crippen LogP contribution in [-0.4, -0.2) is 27.6 Å². The van der Waals surface area contributed by atoms with Gasteiger partial charge in [-0.3, -0.25) is 9.48 Å². The van der Waals surface area contributed by atoms with Gasteiger partial charge in [0.1, 0.15) is 5.82 Å². The molecule has 0 aliphatic heterocycles. The molecule has 1 amide bonds. The normalized spacial score (nSPS) is 10.5. The molecule has 0 unspecified atom stereocenters. The number of rotatable bonds is 4. The van der Waals surface area contributed by atoms with Crippen molar-refractivity contribution in [2.24, 2.45) is 7.05 Å². The van der Waals surface area contributed by atoms with E-state index in [0.29, 0.717) is 6.54 Å². The number of benzene rings is 1. The van der Waals surface area contributed by atoms with Crippen LogP contribution >= 0.6 is 0 Å². The smallest absolute Gasteiger partial charge is 0.227 e. The largest absolute Gasteiger partial charge is 0.341 e. The lowest BCUT2D eigenvalue weighted by atomic mass is 10.1. The van der Waals surface area contributed by atoms with Gasteiger partial charge in [-0.1, -0.05) is 12.1 Å². The molecule has 0 saturated carbocycles. The first-order chi connectivity index (χ1) is 9.04. The lowest BCUT2D eigenvalue weighted by Crippen LogP contribution is -2.27. The molecule has 0 bridgehead atoms. The van der Waals surface area contributed by atoms with Gasteiger partial charge in [-0.25, -0.2) is 4.39 Å². The van der Waals surface area contributed by atoms with E-state index >= 15 is 0 Å². The fourth-order valence-corrected chi connectivity index (χ4v) is 1.83. The molecule has 100 valence electrons. The fraction of sp³-hybridized carbons (Fsp3) is 0.286. The minimum absolute atomic E-state index is 0.00420. The van der Waals surface area contributed by atoms with E-state index in [0.717, 1.165) is 11.1 Å². The van der Waals surface area contributed by atoms with Gasteiger partial charge in [0.05, 0.1) is 12.6 Å². The highest BCUT2D eigenvalue weighted by atomic mass is 19.1. The third-order valence-corrected chi connectivity index (χ3v) is 2.87. The number of carbonyl (C=O) groups excluding carboxylic acids is 1. The maximum Gasteiger partial charge on any atom is 0.227 e. The van der Waals surface area contributed by atoms with Gasteiger partial charge in [-0.05, 0) is 17.7 Å². The molecule has 0 radical (unpaired) electrons. The molecule has 1 aromatic heterocycles. The predicted octanol–water partition coefficient (Wildman–Crippen LogP) is 1.76. The summed E-state index contributed by atoms with van der Waals surface area (Å²) < 4.78 is 14.5. The van der Waals surface area contributed by atoms with E-state index in [2.05, 4.69) is 5.10 Å². The Morgan fingerprint density at radius 3 is 2.58 bits per heavy atom. The zero-order valence-electron chi connectivity index (χ0n) is 11.0. The fourth-order valence-electron chi connectivity index (χ4n) is 1.83. The van der Waals surface area contributed by atoms with E-state index in [1.165, 1.54) is 12.1 Å². The van der Waals surface area contributed by atoms with Gasteiger partial charge in [-0.15, -0.1) is 0 Å². The minimum Gasteiger partial charge on any atom is -0.341 e. The summed E-state index contributed by atoms with van der Waals surface area (Å²) in [5, 5.41) is 4.06. The average molecular weight is 261 g/mol. The number of amides is 1. The van der Waals surface area contributed by atoms with Crippen molar-refractivity contribution in [3.8, 4) is 0 Å². The predicted molar refractivity (Wildman–Crippen MR) is 69.8 cm³/mol. The van der Waals surface area contributed by atoms with Crippen molar-refractivity contribution in [3.63, 3.8) is 0 Å². The van der Waals surface area contributed by atoms with Gasteiger partial charge in [0.25, 0.3) is 0 Å². The summed E-state index contributed by atoms with van der Waals surface area (Å²) in [6.45, 7) is 0.522. The second kappa shape index (κ2) is 5.65. The zero-order valence-corrected chi connectivity index (χ0v) is 11.0. The molecular formula is C14H16FN3O. The summed E-state index contributed by atoms with van der Waals surface area (Å²) in [5.74, 6) is -0.296. The van der Waals surface area contributed by atoms with E-state index in [9.17, 15) is 9.18 Å². The highest BCUT2D eigenvalue weighted by molar-refractivity contribution is 5.78. The molecule has 0 atom stereocenters. The lowest BCUT2D eigenvalue weighted by molar-refractivity contribution is -0.129. The summed E-state index contributed by atoms with van der Waals surface area (Å²) in [4.78, 5) is 13.7. The summed E-state index contributed by atoms with van der Waals surface area (Å²) in [6, 6.07) is 5.99. The molecule has 0 aliphatic carbocycles. The van der Waals surface area contributed by atoms with Gasteiger partial charge in [0.15, 0.2) is 0 Å². The van der Waals surface area contributed by atoms with Crippen LogP contribution in [0.2, 0.25) is 0 Å². The molecule has 2 aromatic rings. The van der Waals surface area contributed by atoms with Gasteiger partial charge >= 0.3 is 0 Å². The zero-order chi connectivity index (χ0) is 13.8. The molecule has 0 spiro atoms. The van der Waals surface area contributed by atoms with Crippen molar-refractivity contribution in [1.82, 2.24) is 14.7 Å². The number of hydrogen-bond donors (Lipinski definition) is 0. The molecule has 2 rings (SSSR count). The average Bonchev–Trinajstić information content (AvgIpc) is 2.77. The van der Waals surface area contributed by atoms with Crippen LogP contribution in [-0.2, 0) is 24.8 Å². The molecule has 0 saturated heterocycles. The van der Waals surface area contributed by atoms with Crippen LogP contribution in [0.3, 0.4) is 0 Å². The van der Waals surface area contributed by atoms with E-state index in [1.54, 1.807) is 35.0 Å². The summed E-state index contributed by atoms with van der Waals surface area (Å²) in [5.41, 5.74) is 1.79. The first kappa shape index (κ1) is 13.3. The van der Waals surface area contributed by atoms with E-state index in [1.807, 2.05) is 13.2 Å². The van der Waals surface area contributed by atoms with Crippen LogP contribution in [0.15, 0.2) is 36.7 Å². The first-order valence-electron chi connectivity index (χ1n) is 6.00. The van der Waals surface area contributed by atoms with Crippen LogP contribution in [0.1, 0.15) is 11.1 Å². The second-order valence-corrected chi connectivity index (χ2v) is 4.58. The van der Waals surface area contributed by atoms with Crippen LogP contribution < -0.4 is 0 Å². The molecule has 4 nitrogen and oxygen atoms in total. The Morgan fingerprint density at radius 1 is 1.32 bits per heavy atom. The third kappa shape index (κ3) is 3.64. The van der Waals surface area contributed by atoms with Crippen LogP contribution in [0.4, 0.5) is 4.39 Å². The minimum atomic E-state index is -0.292. The van der Waals surface area contributed by atoms with Crippen LogP contribution in [0.5, 0.6) is 0 Å². The van der Waals surface area contributed by atoms with E-state index in [4.69, 9.17) is 0 Å². The highest BCUT2D eigenvalue weighted by Gasteiger charge is 2.11. The maximum absolute atomic E-state index is 12.8. The highest BCUT2D eigenvalue weighted by Crippen LogP contribution is 2.07. The Kier molecular flexibility index (Phi) is 3.94. The number of carbonyl (C=O) groups is 1. The number of nitrogens with zero attached hydrogens (tertiary/aromatic N) is 3. The van der Waals surface area contributed by atoms with Crippen molar-refractivity contribution < 1.29 is 9.18 Å². The van der Waals surface area contributed by atoms with Gasteiger partial charge in [0, 0.05) is 32.4 Å². The van der Waals surface area contributed by atoms with Crippen molar-refractivity contribution in [1.29, 1.82) is 0 Å². The van der Waals surface area contributed by atoms with Gasteiger partial charge in [-0.2, -0.15) is 5.10 Å². The summed E-state index contributed by atoms with van der Waals surface area (Å²) >= 11 is 0. The Balaban J connectivity index is 1.94. The van der Waals surface area contributed by atoms with Gasteiger partial charge in [0.2, 0.25) is 5.91 Å². The van der Waals surface area contributed by atoms with E-state index < -0.39 is 0 Å². The molecule has 1 aromatic carbocycles. The quantitative estimate of drug-likeness (QED) is 0.841. The molecule has 19 heavy (non-hydrogen) atoms. The molecule has 0 aliphatic rings.